The lowest BCUT2D eigenvalue weighted by Gasteiger charge is -2.16. The molecule has 5 heteroatoms. The van der Waals surface area contributed by atoms with Gasteiger partial charge in [-0.25, -0.2) is 4.98 Å². The number of aromatic nitrogens is 3. The lowest BCUT2D eigenvalue weighted by molar-refractivity contribution is 0.578. The Balaban J connectivity index is 2.43. The van der Waals surface area contributed by atoms with Gasteiger partial charge in [0.05, 0.1) is 0 Å². The Morgan fingerprint density at radius 1 is 1.53 bits per heavy atom. The molecule has 2 rings (SSSR count). The Hall–Kier alpha value is -1.88. The van der Waals surface area contributed by atoms with Crippen molar-refractivity contribution in [3.63, 3.8) is 0 Å². The lowest BCUT2D eigenvalue weighted by Crippen LogP contribution is -2.24. The number of rotatable bonds is 4. The van der Waals surface area contributed by atoms with E-state index >= 15 is 0 Å². The molecule has 0 saturated heterocycles. The maximum atomic E-state index is 11.3. The number of aryl methyl sites for hydroxylation is 1. The molecule has 1 unspecified atom stereocenters. The van der Waals surface area contributed by atoms with Gasteiger partial charge < -0.3 is 14.9 Å². The number of H-pyrrole nitrogens is 1. The van der Waals surface area contributed by atoms with E-state index in [2.05, 4.69) is 22.2 Å². The zero-order valence-corrected chi connectivity index (χ0v) is 9.97. The lowest BCUT2D eigenvalue weighted by atomic mass is 10.1. The molecule has 90 valence electrons. The Bertz CT molecular complexity index is 543. The summed E-state index contributed by atoms with van der Waals surface area (Å²) in [5.74, 6) is 0.900. The van der Waals surface area contributed by atoms with Crippen molar-refractivity contribution in [3.8, 4) is 0 Å². The number of pyridine rings is 1. The van der Waals surface area contributed by atoms with Crippen molar-refractivity contribution in [2.45, 2.75) is 19.5 Å². The minimum atomic E-state index is -0.0997. The van der Waals surface area contributed by atoms with Crippen LogP contribution in [0.2, 0.25) is 0 Å². The van der Waals surface area contributed by atoms with Crippen LogP contribution >= 0.6 is 0 Å². The Morgan fingerprint density at radius 2 is 2.35 bits per heavy atom. The molecule has 0 spiro atoms. The third kappa shape index (κ3) is 2.29. The van der Waals surface area contributed by atoms with Crippen molar-refractivity contribution >= 4 is 0 Å². The molecule has 2 aromatic heterocycles. The molecule has 1 atom stereocenters. The first-order chi connectivity index (χ1) is 8.26. The second-order valence-electron chi connectivity index (χ2n) is 3.76. The first-order valence-electron chi connectivity index (χ1n) is 5.63. The summed E-state index contributed by atoms with van der Waals surface area (Å²) in [6.45, 7) is 2.91. The smallest absolute Gasteiger partial charge is 0.248 e. The number of hydrogen-bond acceptors (Lipinski definition) is 3. The van der Waals surface area contributed by atoms with Crippen molar-refractivity contribution in [2.24, 2.45) is 0 Å². The fourth-order valence-corrected chi connectivity index (χ4v) is 1.91. The summed E-state index contributed by atoms with van der Waals surface area (Å²) in [5, 5.41) is 3.17. The minimum absolute atomic E-state index is 0.0983. The molecule has 2 heterocycles. The molecule has 17 heavy (non-hydrogen) atoms. The highest BCUT2D eigenvalue weighted by Gasteiger charge is 2.17. The number of aromatic amines is 1. The quantitative estimate of drug-likeness (QED) is 0.823. The SMILES string of the molecule is CCn1ccnc1C(NC)c1cccc(=O)[nH]1. The van der Waals surface area contributed by atoms with Crippen LogP contribution in [0.15, 0.2) is 35.4 Å². The van der Waals surface area contributed by atoms with Crippen molar-refractivity contribution in [3.05, 3.63) is 52.5 Å². The molecule has 0 amide bonds. The topological polar surface area (TPSA) is 62.7 Å². The molecule has 0 aliphatic rings. The summed E-state index contributed by atoms with van der Waals surface area (Å²) >= 11 is 0. The van der Waals surface area contributed by atoms with Crippen LogP contribution in [0.3, 0.4) is 0 Å². The molecular weight excluding hydrogens is 216 g/mol. The molecule has 0 radical (unpaired) electrons. The summed E-state index contributed by atoms with van der Waals surface area (Å²) in [5.41, 5.74) is 0.721. The highest BCUT2D eigenvalue weighted by molar-refractivity contribution is 5.18. The average molecular weight is 232 g/mol. The van der Waals surface area contributed by atoms with Gasteiger partial charge in [0.2, 0.25) is 5.56 Å². The maximum Gasteiger partial charge on any atom is 0.248 e. The highest BCUT2D eigenvalue weighted by atomic mass is 16.1. The van der Waals surface area contributed by atoms with E-state index < -0.39 is 0 Å². The minimum Gasteiger partial charge on any atom is -0.334 e. The van der Waals surface area contributed by atoms with Crippen LogP contribution in [-0.2, 0) is 6.54 Å². The van der Waals surface area contributed by atoms with Gasteiger partial charge in [0.25, 0.3) is 0 Å². The van der Waals surface area contributed by atoms with Gasteiger partial charge in [0, 0.05) is 30.7 Å². The van der Waals surface area contributed by atoms with E-state index in [9.17, 15) is 4.79 Å². The van der Waals surface area contributed by atoms with E-state index in [4.69, 9.17) is 0 Å². The van der Waals surface area contributed by atoms with Crippen molar-refractivity contribution in [2.75, 3.05) is 7.05 Å². The van der Waals surface area contributed by atoms with Gasteiger partial charge in [-0.15, -0.1) is 0 Å². The Morgan fingerprint density at radius 3 is 3.00 bits per heavy atom. The zero-order valence-electron chi connectivity index (χ0n) is 9.97. The van der Waals surface area contributed by atoms with E-state index in [1.807, 2.05) is 23.9 Å². The first-order valence-corrected chi connectivity index (χ1v) is 5.63. The van der Waals surface area contributed by atoms with Gasteiger partial charge in [-0.2, -0.15) is 0 Å². The number of nitrogens with one attached hydrogen (secondary N) is 2. The van der Waals surface area contributed by atoms with Gasteiger partial charge in [-0.1, -0.05) is 6.07 Å². The molecule has 0 aliphatic heterocycles. The van der Waals surface area contributed by atoms with Crippen LogP contribution in [0.4, 0.5) is 0 Å². The Kier molecular flexibility index (Phi) is 3.39. The molecule has 0 bridgehead atoms. The van der Waals surface area contributed by atoms with Crippen molar-refractivity contribution < 1.29 is 0 Å². The fourth-order valence-electron chi connectivity index (χ4n) is 1.91. The van der Waals surface area contributed by atoms with Gasteiger partial charge in [0.1, 0.15) is 11.9 Å². The van der Waals surface area contributed by atoms with Gasteiger partial charge >= 0.3 is 0 Å². The maximum absolute atomic E-state index is 11.3. The monoisotopic (exact) mass is 232 g/mol. The molecule has 5 nitrogen and oxygen atoms in total. The highest BCUT2D eigenvalue weighted by Crippen LogP contribution is 2.17. The standard InChI is InChI=1S/C12H16N4O/c1-3-16-8-7-14-12(16)11(13-2)9-5-4-6-10(17)15-9/h4-8,11,13H,3H2,1-2H3,(H,15,17). The van der Waals surface area contributed by atoms with E-state index in [1.54, 1.807) is 12.3 Å². The van der Waals surface area contributed by atoms with Crippen molar-refractivity contribution in [1.29, 1.82) is 0 Å². The molecule has 0 aliphatic carbocycles. The van der Waals surface area contributed by atoms with Crippen LogP contribution in [0.5, 0.6) is 0 Å². The van der Waals surface area contributed by atoms with Crippen LogP contribution in [0.25, 0.3) is 0 Å². The molecule has 0 fully saturated rings. The number of nitrogens with zero attached hydrogens (tertiary/aromatic N) is 2. The van der Waals surface area contributed by atoms with Gasteiger partial charge in [-0.3, -0.25) is 4.79 Å². The molecule has 0 aromatic carbocycles. The summed E-state index contributed by atoms with van der Waals surface area (Å²) in [7, 11) is 1.85. The summed E-state index contributed by atoms with van der Waals surface area (Å²) in [6.07, 6.45) is 3.70. The van der Waals surface area contributed by atoms with Crippen molar-refractivity contribution in [1.82, 2.24) is 19.9 Å². The summed E-state index contributed by atoms with van der Waals surface area (Å²) < 4.78 is 2.05. The van der Waals surface area contributed by atoms with E-state index in [-0.39, 0.29) is 11.6 Å². The second kappa shape index (κ2) is 4.97. The predicted octanol–water partition coefficient (Wildman–Crippen LogP) is 0.900. The third-order valence-electron chi connectivity index (χ3n) is 2.74. The normalized spacial score (nSPS) is 12.6. The van der Waals surface area contributed by atoms with E-state index in [0.29, 0.717) is 0 Å². The molecule has 2 aromatic rings. The first kappa shape index (κ1) is 11.6. The van der Waals surface area contributed by atoms with E-state index in [0.717, 1.165) is 18.1 Å². The average Bonchev–Trinajstić information content (AvgIpc) is 2.78. The number of hydrogen-bond donors (Lipinski definition) is 2. The molecule has 0 saturated carbocycles. The summed E-state index contributed by atoms with van der Waals surface area (Å²) in [6, 6.07) is 5.04. The number of imidazole rings is 1. The van der Waals surface area contributed by atoms with Crippen LogP contribution in [0.1, 0.15) is 24.5 Å². The summed E-state index contributed by atoms with van der Waals surface area (Å²) in [4.78, 5) is 18.5. The molecule has 2 N–H and O–H groups in total. The van der Waals surface area contributed by atoms with E-state index in [1.165, 1.54) is 6.07 Å². The third-order valence-corrected chi connectivity index (χ3v) is 2.74. The zero-order chi connectivity index (χ0) is 12.3. The molecular formula is C12H16N4O. The van der Waals surface area contributed by atoms with Gasteiger partial charge in [0.15, 0.2) is 0 Å². The fraction of sp³-hybridized carbons (Fsp3) is 0.333. The predicted molar refractivity (Wildman–Crippen MR) is 65.9 cm³/mol. The van der Waals surface area contributed by atoms with Gasteiger partial charge in [-0.05, 0) is 20.0 Å². The van der Waals surface area contributed by atoms with Crippen LogP contribution in [-0.4, -0.2) is 21.6 Å². The largest absolute Gasteiger partial charge is 0.334 e. The second-order valence-corrected chi connectivity index (χ2v) is 3.76. The Labute approximate surface area is 99.5 Å². The van der Waals surface area contributed by atoms with Crippen LogP contribution < -0.4 is 10.9 Å². The van der Waals surface area contributed by atoms with Crippen LogP contribution in [0, 0.1) is 0 Å².